The van der Waals surface area contributed by atoms with Gasteiger partial charge in [0.2, 0.25) is 21.8 Å². The zero-order valence-corrected chi connectivity index (χ0v) is 18.9. The van der Waals surface area contributed by atoms with Gasteiger partial charge in [-0.1, -0.05) is 43.2 Å². The highest BCUT2D eigenvalue weighted by Crippen LogP contribution is 2.24. The predicted molar refractivity (Wildman–Crippen MR) is 122 cm³/mol. The second-order valence-electron chi connectivity index (χ2n) is 8.49. The lowest BCUT2D eigenvalue weighted by molar-refractivity contribution is -0.128. The lowest BCUT2D eigenvalue weighted by Crippen LogP contribution is -2.32. The number of rotatable bonds is 6. The molecule has 0 aromatic heterocycles. The van der Waals surface area contributed by atoms with Crippen LogP contribution in [-0.4, -0.2) is 49.1 Å². The Bertz CT molecular complexity index is 1050. The fourth-order valence-electron chi connectivity index (χ4n) is 4.29. The number of carbonyl (C=O) groups excluding carboxylic acids is 2. The maximum atomic E-state index is 12.9. The standard InChI is InChI=1S/C24H29N3O4S/c28-23-16-20(18-26(23)17-19-8-4-3-5-9-19)24(29)25-21-10-12-22(13-11-21)32(30,31)27-14-6-1-2-7-15-27/h3-5,8-13,20H,1-2,6-7,14-18H2,(H,25,29). The SMILES string of the molecule is O=C(Nc1ccc(S(=O)(=O)N2CCCCCC2)cc1)C1CC(=O)N(Cc2ccccc2)C1. The van der Waals surface area contributed by atoms with Crippen molar-refractivity contribution >= 4 is 27.5 Å². The summed E-state index contributed by atoms with van der Waals surface area (Å²) in [6.45, 7) is 1.97. The Labute approximate surface area is 189 Å². The Morgan fingerprint density at radius 2 is 1.59 bits per heavy atom. The van der Waals surface area contributed by atoms with Gasteiger partial charge in [-0.15, -0.1) is 0 Å². The van der Waals surface area contributed by atoms with E-state index in [0.29, 0.717) is 31.9 Å². The van der Waals surface area contributed by atoms with Gasteiger partial charge in [0.05, 0.1) is 10.8 Å². The van der Waals surface area contributed by atoms with Gasteiger partial charge >= 0.3 is 0 Å². The number of benzene rings is 2. The number of sulfonamides is 1. The van der Waals surface area contributed by atoms with Gasteiger partial charge in [0, 0.05) is 38.3 Å². The van der Waals surface area contributed by atoms with Crippen LogP contribution in [0.2, 0.25) is 0 Å². The van der Waals surface area contributed by atoms with E-state index in [4.69, 9.17) is 0 Å². The van der Waals surface area contributed by atoms with E-state index in [2.05, 4.69) is 5.32 Å². The van der Waals surface area contributed by atoms with Crippen molar-refractivity contribution in [2.75, 3.05) is 25.0 Å². The van der Waals surface area contributed by atoms with Gasteiger partial charge in [-0.3, -0.25) is 9.59 Å². The molecule has 1 unspecified atom stereocenters. The van der Waals surface area contributed by atoms with Gasteiger partial charge < -0.3 is 10.2 Å². The molecule has 0 aliphatic carbocycles. The average Bonchev–Trinajstić information content (AvgIpc) is 2.99. The van der Waals surface area contributed by atoms with Gasteiger partial charge in [0.1, 0.15) is 0 Å². The van der Waals surface area contributed by atoms with Crippen LogP contribution in [-0.2, 0) is 26.2 Å². The molecule has 0 bridgehead atoms. The number of hydrogen-bond donors (Lipinski definition) is 1. The molecule has 2 aliphatic heterocycles. The lowest BCUT2D eigenvalue weighted by atomic mass is 10.1. The molecule has 2 aromatic rings. The van der Waals surface area contributed by atoms with E-state index >= 15 is 0 Å². The number of nitrogens with one attached hydrogen (secondary N) is 1. The molecule has 170 valence electrons. The number of carbonyl (C=O) groups is 2. The zero-order chi connectivity index (χ0) is 22.6. The molecule has 2 fully saturated rings. The van der Waals surface area contributed by atoms with Crippen LogP contribution in [0.25, 0.3) is 0 Å². The largest absolute Gasteiger partial charge is 0.338 e. The third-order valence-electron chi connectivity index (χ3n) is 6.13. The highest BCUT2D eigenvalue weighted by Gasteiger charge is 2.34. The smallest absolute Gasteiger partial charge is 0.243 e. The molecule has 1 N–H and O–H groups in total. The molecule has 0 radical (unpaired) electrons. The molecule has 2 aromatic carbocycles. The maximum absolute atomic E-state index is 12.9. The van der Waals surface area contributed by atoms with Crippen LogP contribution in [0.3, 0.4) is 0 Å². The summed E-state index contributed by atoms with van der Waals surface area (Å²) in [7, 11) is -3.52. The fourth-order valence-corrected chi connectivity index (χ4v) is 5.81. The van der Waals surface area contributed by atoms with Crippen LogP contribution in [0.1, 0.15) is 37.7 Å². The first-order valence-electron chi connectivity index (χ1n) is 11.2. The summed E-state index contributed by atoms with van der Waals surface area (Å²) in [5.74, 6) is -0.684. The first kappa shape index (κ1) is 22.5. The Morgan fingerprint density at radius 3 is 2.25 bits per heavy atom. The Balaban J connectivity index is 1.36. The Kier molecular flexibility index (Phi) is 6.91. The van der Waals surface area contributed by atoms with E-state index in [1.54, 1.807) is 21.3 Å². The first-order valence-corrected chi connectivity index (χ1v) is 12.6. The van der Waals surface area contributed by atoms with Crippen molar-refractivity contribution < 1.29 is 18.0 Å². The van der Waals surface area contributed by atoms with Crippen LogP contribution in [0.15, 0.2) is 59.5 Å². The highest BCUT2D eigenvalue weighted by atomic mass is 32.2. The van der Waals surface area contributed by atoms with Crippen LogP contribution in [0.4, 0.5) is 5.69 Å². The van der Waals surface area contributed by atoms with E-state index in [0.717, 1.165) is 31.2 Å². The van der Waals surface area contributed by atoms with E-state index in [1.165, 1.54) is 12.1 Å². The summed E-state index contributed by atoms with van der Waals surface area (Å²) < 4.78 is 27.4. The van der Waals surface area contributed by atoms with E-state index in [1.807, 2.05) is 30.3 Å². The van der Waals surface area contributed by atoms with Crippen LogP contribution >= 0.6 is 0 Å². The molecule has 2 heterocycles. The number of amides is 2. The second-order valence-corrected chi connectivity index (χ2v) is 10.4. The molecule has 2 saturated heterocycles. The van der Waals surface area contributed by atoms with Crippen molar-refractivity contribution in [3.63, 3.8) is 0 Å². The van der Waals surface area contributed by atoms with E-state index in [9.17, 15) is 18.0 Å². The van der Waals surface area contributed by atoms with Gasteiger partial charge in [-0.25, -0.2) is 8.42 Å². The molecule has 7 nitrogen and oxygen atoms in total. The number of anilines is 1. The van der Waals surface area contributed by atoms with E-state index in [-0.39, 0.29) is 23.1 Å². The van der Waals surface area contributed by atoms with Crippen molar-refractivity contribution in [1.29, 1.82) is 0 Å². The van der Waals surface area contributed by atoms with Crippen molar-refractivity contribution in [1.82, 2.24) is 9.21 Å². The second kappa shape index (κ2) is 9.83. The molecular weight excluding hydrogens is 426 g/mol. The zero-order valence-electron chi connectivity index (χ0n) is 18.1. The third kappa shape index (κ3) is 5.19. The minimum atomic E-state index is -3.52. The molecule has 0 spiro atoms. The third-order valence-corrected chi connectivity index (χ3v) is 8.04. The van der Waals surface area contributed by atoms with Crippen molar-refractivity contribution in [3.8, 4) is 0 Å². The predicted octanol–water partition coefficient (Wildman–Crippen LogP) is 3.24. The first-order chi connectivity index (χ1) is 15.4. The van der Waals surface area contributed by atoms with Crippen molar-refractivity contribution in [3.05, 3.63) is 60.2 Å². The van der Waals surface area contributed by atoms with Crippen LogP contribution in [0, 0.1) is 5.92 Å². The topological polar surface area (TPSA) is 86.8 Å². The molecule has 1 atom stereocenters. The molecule has 2 aliphatic rings. The van der Waals surface area contributed by atoms with Gasteiger partial charge in [-0.2, -0.15) is 4.31 Å². The van der Waals surface area contributed by atoms with Crippen molar-refractivity contribution in [2.24, 2.45) is 5.92 Å². The summed E-state index contributed by atoms with van der Waals surface area (Å²) in [5.41, 5.74) is 1.56. The summed E-state index contributed by atoms with van der Waals surface area (Å²) >= 11 is 0. The van der Waals surface area contributed by atoms with Gasteiger partial charge in [-0.05, 0) is 42.7 Å². The van der Waals surface area contributed by atoms with E-state index < -0.39 is 15.9 Å². The maximum Gasteiger partial charge on any atom is 0.243 e. The summed E-state index contributed by atoms with van der Waals surface area (Å²) in [4.78, 5) is 27.0. The summed E-state index contributed by atoms with van der Waals surface area (Å²) in [6.07, 6.45) is 4.07. The molecule has 32 heavy (non-hydrogen) atoms. The molecule has 4 rings (SSSR count). The monoisotopic (exact) mass is 455 g/mol. The van der Waals surface area contributed by atoms with Crippen molar-refractivity contribution in [2.45, 2.75) is 43.5 Å². The normalized spacial score (nSPS) is 20.2. The minimum Gasteiger partial charge on any atom is -0.338 e. The van der Waals surface area contributed by atoms with Crippen LogP contribution in [0.5, 0.6) is 0 Å². The average molecular weight is 456 g/mol. The highest BCUT2D eigenvalue weighted by molar-refractivity contribution is 7.89. The quantitative estimate of drug-likeness (QED) is 0.725. The molecule has 8 heteroatoms. The number of likely N-dealkylation sites (tertiary alicyclic amines) is 1. The molecule has 0 saturated carbocycles. The van der Waals surface area contributed by atoms with Crippen LogP contribution < -0.4 is 5.32 Å². The lowest BCUT2D eigenvalue weighted by Gasteiger charge is -2.20. The molecule has 2 amide bonds. The van der Waals surface area contributed by atoms with Gasteiger partial charge in [0.15, 0.2) is 0 Å². The number of hydrogen-bond acceptors (Lipinski definition) is 4. The minimum absolute atomic E-state index is 0.0344. The Morgan fingerprint density at radius 1 is 0.938 bits per heavy atom. The molecular formula is C24H29N3O4S. The fraction of sp³-hybridized carbons (Fsp3) is 0.417. The number of nitrogens with zero attached hydrogens (tertiary/aromatic N) is 2. The summed E-state index contributed by atoms with van der Waals surface area (Å²) in [6, 6.07) is 16.0. The Hall–Kier alpha value is -2.71. The van der Waals surface area contributed by atoms with Gasteiger partial charge in [0.25, 0.3) is 0 Å². The summed E-state index contributed by atoms with van der Waals surface area (Å²) in [5, 5.41) is 2.83.